The second-order valence-corrected chi connectivity index (χ2v) is 4.67. The number of rotatable bonds is 6. The lowest BCUT2D eigenvalue weighted by Crippen LogP contribution is -2.20. The van der Waals surface area contributed by atoms with E-state index in [9.17, 15) is 4.79 Å². The molecule has 1 heterocycles. The van der Waals surface area contributed by atoms with Crippen molar-refractivity contribution < 1.29 is 0 Å². The predicted octanol–water partition coefficient (Wildman–Crippen LogP) is 3.79. The molecule has 19 heavy (non-hydrogen) atoms. The first-order chi connectivity index (χ1) is 8.83. The summed E-state index contributed by atoms with van der Waals surface area (Å²) in [6, 6.07) is 7.52. The summed E-state index contributed by atoms with van der Waals surface area (Å²) in [6.45, 7) is 2.98. The second-order valence-electron chi connectivity index (χ2n) is 4.67. The Bertz CT molecular complexity index is 565. The monoisotopic (exact) mass is 280 g/mol. The van der Waals surface area contributed by atoms with Gasteiger partial charge in [-0.15, -0.1) is 12.4 Å². The first-order valence-electron chi connectivity index (χ1n) is 6.77. The molecule has 0 unspecified atom stereocenters. The van der Waals surface area contributed by atoms with Gasteiger partial charge in [0.2, 0.25) is 0 Å². The summed E-state index contributed by atoms with van der Waals surface area (Å²) in [5.41, 5.74) is 0.862. The van der Waals surface area contributed by atoms with Crippen molar-refractivity contribution in [3.05, 3.63) is 40.9 Å². The fraction of sp³-hybridized carbons (Fsp3) is 0.467. The van der Waals surface area contributed by atoms with Crippen LogP contribution in [0.5, 0.6) is 0 Å². The summed E-state index contributed by atoms with van der Waals surface area (Å²) in [5, 5.41) is 0.716. The molecule has 0 spiro atoms. The van der Waals surface area contributed by atoms with E-state index in [1.807, 2.05) is 24.3 Å². The van der Waals surface area contributed by atoms with E-state index >= 15 is 0 Å². The first-order valence-corrected chi connectivity index (χ1v) is 6.77. The highest BCUT2D eigenvalue weighted by atomic mass is 35.5. The van der Waals surface area contributed by atoms with Gasteiger partial charge in [-0.05, 0) is 18.6 Å². The summed E-state index contributed by atoms with van der Waals surface area (Å²) < 4.78 is 1.73. The van der Waals surface area contributed by atoms with Crippen molar-refractivity contribution in [2.24, 2.45) is 0 Å². The van der Waals surface area contributed by atoms with E-state index in [0.29, 0.717) is 5.39 Å². The van der Waals surface area contributed by atoms with Crippen LogP contribution in [-0.2, 0) is 6.54 Å². The molecule has 3 nitrogen and oxygen atoms in total. The standard InChI is InChI=1S/C15H20N2O.ClH/c1-2-3-4-5-8-11-17-12-16-14-10-7-6-9-13(14)15(17)18;/h6-7,9-10,12H,2-5,8,11H2,1H3;1H. The number of aryl methyl sites for hydroxylation is 1. The summed E-state index contributed by atoms with van der Waals surface area (Å²) in [4.78, 5) is 16.5. The Kier molecular flexibility index (Phi) is 6.57. The zero-order chi connectivity index (χ0) is 12.8. The molecule has 0 aliphatic rings. The Labute approximate surface area is 120 Å². The van der Waals surface area contributed by atoms with Gasteiger partial charge in [0.05, 0.1) is 17.2 Å². The van der Waals surface area contributed by atoms with Gasteiger partial charge in [-0.2, -0.15) is 0 Å². The Morgan fingerprint density at radius 1 is 1.11 bits per heavy atom. The molecule has 0 aliphatic carbocycles. The number of hydrogen-bond donors (Lipinski definition) is 0. The quantitative estimate of drug-likeness (QED) is 0.755. The molecule has 0 radical (unpaired) electrons. The Morgan fingerprint density at radius 2 is 1.84 bits per heavy atom. The minimum Gasteiger partial charge on any atom is -0.299 e. The van der Waals surface area contributed by atoms with E-state index in [1.165, 1.54) is 25.7 Å². The minimum atomic E-state index is 0. The van der Waals surface area contributed by atoms with Crippen LogP contribution >= 0.6 is 12.4 Å². The van der Waals surface area contributed by atoms with Gasteiger partial charge in [0.15, 0.2) is 0 Å². The fourth-order valence-corrected chi connectivity index (χ4v) is 2.15. The zero-order valence-electron chi connectivity index (χ0n) is 11.3. The van der Waals surface area contributed by atoms with E-state index in [4.69, 9.17) is 0 Å². The van der Waals surface area contributed by atoms with Gasteiger partial charge in [0.1, 0.15) is 0 Å². The smallest absolute Gasteiger partial charge is 0.261 e. The van der Waals surface area contributed by atoms with Crippen molar-refractivity contribution in [1.82, 2.24) is 9.55 Å². The average molecular weight is 281 g/mol. The third kappa shape index (κ3) is 4.06. The number of unbranched alkanes of at least 4 members (excludes halogenated alkanes) is 4. The normalized spacial score (nSPS) is 10.4. The highest BCUT2D eigenvalue weighted by Gasteiger charge is 2.02. The van der Waals surface area contributed by atoms with Crippen LogP contribution in [0.4, 0.5) is 0 Å². The molecule has 4 heteroatoms. The summed E-state index contributed by atoms with van der Waals surface area (Å²) in [5.74, 6) is 0. The van der Waals surface area contributed by atoms with Gasteiger partial charge in [-0.3, -0.25) is 9.36 Å². The second kappa shape index (κ2) is 7.95. The Morgan fingerprint density at radius 3 is 2.63 bits per heavy atom. The summed E-state index contributed by atoms with van der Waals surface area (Å²) >= 11 is 0. The highest BCUT2D eigenvalue weighted by molar-refractivity contribution is 5.85. The van der Waals surface area contributed by atoms with Crippen LogP contribution in [0.3, 0.4) is 0 Å². The van der Waals surface area contributed by atoms with Crippen molar-refractivity contribution >= 4 is 23.3 Å². The maximum absolute atomic E-state index is 12.2. The Hall–Kier alpha value is -1.35. The van der Waals surface area contributed by atoms with Crippen molar-refractivity contribution in [3.63, 3.8) is 0 Å². The number of fused-ring (bicyclic) bond motifs is 1. The van der Waals surface area contributed by atoms with Crippen LogP contribution in [0.25, 0.3) is 10.9 Å². The number of hydrogen-bond acceptors (Lipinski definition) is 2. The number of halogens is 1. The molecule has 0 N–H and O–H groups in total. The van der Waals surface area contributed by atoms with E-state index < -0.39 is 0 Å². The molecule has 0 atom stereocenters. The van der Waals surface area contributed by atoms with Crippen LogP contribution in [-0.4, -0.2) is 9.55 Å². The van der Waals surface area contributed by atoms with E-state index in [1.54, 1.807) is 10.9 Å². The maximum Gasteiger partial charge on any atom is 0.261 e. The predicted molar refractivity (Wildman–Crippen MR) is 82.0 cm³/mol. The van der Waals surface area contributed by atoms with Gasteiger partial charge < -0.3 is 0 Å². The topological polar surface area (TPSA) is 34.9 Å². The number of aromatic nitrogens is 2. The highest BCUT2D eigenvalue weighted by Crippen LogP contribution is 2.06. The molecular weight excluding hydrogens is 260 g/mol. The molecule has 2 rings (SSSR count). The molecule has 104 valence electrons. The van der Waals surface area contributed by atoms with Crippen molar-refractivity contribution in [2.45, 2.75) is 45.6 Å². The zero-order valence-corrected chi connectivity index (χ0v) is 12.2. The van der Waals surface area contributed by atoms with Crippen molar-refractivity contribution in [3.8, 4) is 0 Å². The lowest BCUT2D eigenvalue weighted by molar-refractivity contribution is 0.556. The third-order valence-corrected chi connectivity index (χ3v) is 3.23. The fourth-order valence-electron chi connectivity index (χ4n) is 2.15. The minimum absolute atomic E-state index is 0. The number of nitrogens with zero attached hydrogens (tertiary/aromatic N) is 2. The van der Waals surface area contributed by atoms with E-state index in [0.717, 1.165) is 18.5 Å². The van der Waals surface area contributed by atoms with Crippen LogP contribution in [0.2, 0.25) is 0 Å². The molecule has 0 saturated heterocycles. The molecule has 0 bridgehead atoms. The molecule has 0 saturated carbocycles. The molecular formula is C15H21ClN2O. The van der Waals surface area contributed by atoms with Crippen LogP contribution in [0, 0.1) is 0 Å². The molecule has 2 aromatic rings. The number of benzene rings is 1. The van der Waals surface area contributed by atoms with Gasteiger partial charge in [0, 0.05) is 6.54 Å². The molecule has 1 aromatic carbocycles. The van der Waals surface area contributed by atoms with Crippen molar-refractivity contribution in [1.29, 1.82) is 0 Å². The van der Waals surface area contributed by atoms with Gasteiger partial charge in [-0.25, -0.2) is 4.98 Å². The van der Waals surface area contributed by atoms with Gasteiger partial charge >= 0.3 is 0 Å². The van der Waals surface area contributed by atoms with E-state index in [-0.39, 0.29) is 18.0 Å². The lowest BCUT2D eigenvalue weighted by atomic mass is 10.1. The van der Waals surface area contributed by atoms with Crippen molar-refractivity contribution in [2.75, 3.05) is 0 Å². The molecule has 0 fully saturated rings. The van der Waals surface area contributed by atoms with E-state index in [2.05, 4.69) is 11.9 Å². The summed E-state index contributed by atoms with van der Waals surface area (Å²) in [6.07, 6.45) is 7.70. The largest absolute Gasteiger partial charge is 0.299 e. The van der Waals surface area contributed by atoms with Crippen LogP contribution in [0.1, 0.15) is 39.0 Å². The first kappa shape index (κ1) is 15.7. The maximum atomic E-state index is 12.2. The average Bonchev–Trinajstić information content (AvgIpc) is 2.41. The molecule has 0 aliphatic heterocycles. The summed E-state index contributed by atoms with van der Waals surface area (Å²) in [7, 11) is 0. The van der Waals surface area contributed by atoms with Crippen LogP contribution < -0.4 is 5.56 Å². The Balaban J connectivity index is 0.00000180. The lowest BCUT2D eigenvalue weighted by Gasteiger charge is -2.06. The van der Waals surface area contributed by atoms with Gasteiger partial charge in [-0.1, -0.05) is 44.7 Å². The molecule has 0 amide bonds. The SMILES string of the molecule is CCCCCCCn1cnc2ccccc2c1=O.Cl. The van der Waals surface area contributed by atoms with Crippen LogP contribution in [0.15, 0.2) is 35.4 Å². The number of para-hydroxylation sites is 1. The van der Waals surface area contributed by atoms with Gasteiger partial charge in [0.25, 0.3) is 5.56 Å². The molecule has 1 aromatic heterocycles. The third-order valence-electron chi connectivity index (χ3n) is 3.23.